The molecule has 10 heteroatoms. The number of nitrogens with zero attached hydrogens (tertiary/aromatic N) is 2. The maximum absolute atomic E-state index is 13.1. The average molecular weight is 466 g/mol. The highest BCUT2D eigenvalue weighted by molar-refractivity contribution is 6.33. The van der Waals surface area contributed by atoms with Gasteiger partial charge in [0.2, 0.25) is 0 Å². The number of carbonyl (C=O) groups excluding carboxylic acids is 6. The Bertz CT molecular complexity index is 1170. The Hall–Kier alpha value is -4.08. The van der Waals surface area contributed by atoms with E-state index in [9.17, 15) is 28.8 Å². The van der Waals surface area contributed by atoms with Crippen LogP contribution in [-0.2, 0) is 19.3 Å². The number of rotatable bonds is 2. The Kier molecular flexibility index (Phi) is 4.90. The maximum atomic E-state index is 13.1. The third-order valence-corrected chi connectivity index (χ3v) is 5.39. The first-order chi connectivity index (χ1) is 15.6. The van der Waals surface area contributed by atoms with E-state index in [2.05, 4.69) is 0 Å². The molecule has 2 aromatic carbocycles. The van der Waals surface area contributed by atoms with Crippen LogP contribution in [0.1, 0.15) is 83.0 Å². The highest BCUT2D eigenvalue weighted by Gasteiger charge is 2.44. The highest BCUT2D eigenvalue weighted by Crippen LogP contribution is 2.38. The van der Waals surface area contributed by atoms with Crippen LogP contribution in [0.2, 0.25) is 0 Å². The molecule has 2 aromatic rings. The van der Waals surface area contributed by atoms with Crippen molar-refractivity contribution in [3.8, 4) is 0 Å². The van der Waals surface area contributed by atoms with Crippen LogP contribution in [0.15, 0.2) is 24.3 Å². The van der Waals surface area contributed by atoms with Crippen molar-refractivity contribution in [3.63, 3.8) is 0 Å². The molecule has 2 heterocycles. The quantitative estimate of drug-likeness (QED) is 0.618. The number of hydrogen-bond donors (Lipinski definition) is 0. The molecule has 0 saturated carbocycles. The lowest BCUT2D eigenvalue weighted by molar-refractivity contribution is -0.179. The van der Waals surface area contributed by atoms with Gasteiger partial charge in [0.05, 0.1) is 33.1 Å². The minimum atomic E-state index is -0.975. The number of benzene rings is 2. The Morgan fingerprint density at radius 1 is 0.559 bits per heavy atom. The summed E-state index contributed by atoms with van der Waals surface area (Å²) >= 11 is 0. The van der Waals surface area contributed by atoms with Crippen LogP contribution >= 0.6 is 0 Å². The first-order valence-corrected chi connectivity index (χ1v) is 10.5. The molecule has 2 aliphatic heterocycles. The number of hydroxylamine groups is 4. The second-order valence-electron chi connectivity index (χ2n) is 10.1. The lowest BCUT2D eigenvalue weighted by Crippen LogP contribution is -2.46. The van der Waals surface area contributed by atoms with Crippen LogP contribution in [0.5, 0.6) is 0 Å². The zero-order valence-corrected chi connectivity index (χ0v) is 19.5. The van der Waals surface area contributed by atoms with Crippen molar-refractivity contribution in [1.82, 2.24) is 10.1 Å². The second kappa shape index (κ2) is 7.21. The van der Waals surface area contributed by atoms with E-state index in [0.717, 1.165) is 0 Å². The minimum absolute atomic E-state index is 0.0161. The van der Waals surface area contributed by atoms with Crippen molar-refractivity contribution in [2.45, 2.75) is 41.5 Å². The number of hydrogen-bond acceptors (Lipinski definition) is 8. The molecule has 10 nitrogen and oxygen atoms in total. The molecule has 4 amide bonds. The summed E-state index contributed by atoms with van der Waals surface area (Å²) in [5, 5.41) is 0.960. The smallest absolute Gasteiger partial charge is 0.329 e. The average Bonchev–Trinajstić information content (AvgIpc) is 2.74. The predicted octanol–water partition coefficient (Wildman–Crippen LogP) is 3.04. The minimum Gasteiger partial charge on any atom is -0.329 e. The highest BCUT2D eigenvalue weighted by atomic mass is 16.7. The molecular formula is C24H22N2O8. The van der Waals surface area contributed by atoms with Gasteiger partial charge in [0.15, 0.2) is 0 Å². The molecule has 2 aliphatic rings. The van der Waals surface area contributed by atoms with Crippen molar-refractivity contribution in [3.05, 3.63) is 46.5 Å². The number of carbonyl (C=O) groups is 6. The zero-order valence-electron chi connectivity index (χ0n) is 19.5. The van der Waals surface area contributed by atoms with Crippen molar-refractivity contribution in [2.24, 2.45) is 10.8 Å². The molecule has 0 N–H and O–H groups in total. The molecule has 0 fully saturated rings. The summed E-state index contributed by atoms with van der Waals surface area (Å²) in [6.07, 6.45) is 0. The molecule has 176 valence electrons. The van der Waals surface area contributed by atoms with Crippen LogP contribution in [0.3, 0.4) is 0 Å². The van der Waals surface area contributed by atoms with Gasteiger partial charge in [0, 0.05) is 10.8 Å². The van der Waals surface area contributed by atoms with Gasteiger partial charge in [-0.15, -0.1) is 0 Å². The molecule has 0 unspecified atom stereocenters. The lowest BCUT2D eigenvalue weighted by atomic mass is 9.87. The van der Waals surface area contributed by atoms with Crippen LogP contribution in [0.25, 0.3) is 10.8 Å². The lowest BCUT2D eigenvalue weighted by Gasteiger charge is -2.31. The van der Waals surface area contributed by atoms with E-state index in [0.29, 0.717) is 10.1 Å². The molecule has 0 aliphatic carbocycles. The Morgan fingerprint density at radius 2 is 0.794 bits per heavy atom. The fourth-order valence-electron chi connectivity index (χ4n) is 3.44. The van der Waals surface area contributed by atoms with Gasteiger partial charge < -0.3 is 9.68 Å². The van der Waals surface area contributed by atoms with Crippen molar-refractivity contribution in [2.75, 3.05) is 0 Å². The summed E-state index contributed by atoms with van der Waals surface area (Å²) < 4.78 is 0. The summed E-state index contributed by atoms with van der Waals surface area (Å²) in [6, 6.07) is 5.20. The zero-order chi connectivity index (χ0) is 25.3. The predicted molar refractivity (Wildman–Crippen MR) is 116 cm³/mol. The fourth-order valence-corrected chi connectivity index (χ4v) is 3.44. The number of amides is 4. The van der Waals surface area contributed by atoms with Gasteiger partial charge >= 0.3 is 11.9 Å². The van der Waals surface area contributed by atoms with Crippen LogP contribution in [0.4, 0.5) is 0 Å². The second-order valence-corrected chi connectivity index (χ2v) is 10.1. The largest absolute Gasteiger partial charge is 0.338 e. The molecule has 0 atom stereocenters. The monoisotopic (exact) mass is 466 g/mol. The summed E-state index contributed by atoms with van der Waals surface area (Å²) in [5.41, 5.74) is -2.01. The van der Waals surface area contributed by atoms with Crippen LogP contribution < -0.4 is 0 Å². The molecule has 0 radical (unpaired) electrons. The normalized spacial score (nSPS) is 15.7. The summed E-state index contributed by atoms with van der Waals surface area (Å²) in [6.45, 7) is 9.43. The SMILES string of the molecule is CC(C)(C)C(=O)ON1C(=O)c2ccc3c4c(ccc(c24)C1=O)C(=O)N(OC(=O)C(C)(C)C)C3=O. The first kappa shape index (κ1) is 23.1. The van der Waals surface area contributed by atoms with E-state index in [1.54, 1.807) is 41.5 Å². The van der Waals surface area contributed by atoms with Gasteiger partial charge in [-0.2, -0.15) is 0 Å². The fraction of sp³-hybridized carbons (Fsp3) is 0.333. The van der Waals surface area contributed by atoms with Crippen molar-refractivity contribution in [1.29, 1.82) is 0 Å². The standard InChI is InChI=1S/C24H22N2O8/c1-23(2,3)21(31)33-25-17(27)11-7-9-13-16-14(10-8-12(15(11)16)18(25)28)20(30)26(19(13)29)34-22(32)24(4,5)6/h7-10H,1-6H3. The van der Waals surface area contributed by atoms with Gasteiger partial charge in [0.25, 0.3) is 23.6 Å². The summed E-state index contributed by atoms with van der Waals surface area (Å²) in [4.78, 5) is 87.1. The molecule has 0 saturated heterocycles. The van der Waals surface area contributed by atoms with Crippen LogP contribution in [-0.4, -0.2) is 45.7 Å². The van der Waals surface area contributed by atoms with E-state index >= 15 is 0 Å². The molecule has 34 heavy (non-hydrogen) atoms. The summed E-state index contributed by atoms with van der Waals surface area (Å²) in [5.74, 6) is -5.18. The molecule has 0 spiro atoms. The summed E-state index contributed by atoms with van der Waals surface area (Å²) in [7, 11) is 0. The molecule has 0 bridgehead atoms. The third kappa shape index (κ3) is 3.33. The third-order valence-electron chi connectivity index (χ3n) is 5.39. The van der Waals surface area contributed by atoms with E-state index < -0.39 is 46.4 Å². The van der Waals surface area contributed by atoms with E-state index in [-0.39, 0.29) is 33.0 Å². The molecule has 0 aromatic heterocycles. The van der Waals surface area contributed by atoms with E-state index in [1.165, 1.54) is 24.3 Å². The van der Waals surface area contributed by atoms with Gasteiger partial charge in [0.1, 0.15) is 0 Å². The number of imide groups is 2. The Balaban J connectivity index is 1.83. The topological polar surface area (TPSA) is 127 Å². The van der Waals surface area contributed by atoms with Gasteiger partial charge in [-0.05, 0) is 65.8 Å². The van der Waals surface area contributed by atoms with E-state index in [1.807, 2.05) is 0 Å². The van der Waals surface area contributed by atoms with Gasteiger partial charge in [-0.25, -0.2) is 9.59 Å². The van der Waals surface area contributed by atoms with Crippen molar-refractivity contribution < 1.29 is 38.4 Å². The maximum Gasteiger partial charge on any atom is 0.338 e. The van der Waals surface area contributed by atoms with Gasteiger partial charge in [-0.3, -0.25) is 19.2 Å². The van der Waals surface area contributed by atoms with E-state index in [4.69, 9.17) is 9.68 Å². The van der Waals surface area contributed by atoms with Gasteiger partial charge in [-0.1, -0.05) is 10.1 Å². The molecular weight excluding hydrogens is 444 g/mol. The Labute approximate surface area is 194 Å². The van der Waals surface area contributed by atoms with Crippen LogP contribution in [0, 0.1) is 10.8 Å². The Morgan fingerprint density at radius 3 is 1.00 bits per heavy atom. The molecule has 4 rings (SSSR count). The van der Waals surface area contributed by atoms with Crippen molar-refractivity contribution >= 4 is 46.3 Å². The first-order valence-electron chi connectivity index (χ1n) is 10.5.